The third-order valence-electron chi connectivity index (χ3n) is 3.76. The van der Waals surface area contributed by atoms with Crippen LogP contribution in [-0.4, -0.2) is 40.4 Å². The van der Waals surface area contributed by atoms with Gasteiger partial charge in [-0.15, -0.1) is 0 Å². The van der Waals surface area contributed by atoms with Gasteiger partial charge in [0.25, 0.3) is 5.91 Å². The van der Waals surface area contributed by atoms with Crippen molar-refractivity contribution in [2.24, 2.45) is 0 Å². The van der Waals surface area contributed by atoms with Gasteiger partial charge < -0.3 is 10.6 Å². The van der Waals surface area contributed by atoms with Crippen molar-refractivity contribution in [3.05, 3.63) is 36.0 Å². The third-order valence-corrected chi connectivity index (χ3v) is 4.91. The second-order valence-corrected chi connectivity index (χ2v) is 6.20. The molecule has 5 heteroatoms. The molecule has 1 aromatic heterocycles. The predicted octanol–water partition coefficient (Wildman–Crippen LogP) is 2.39. The van der Waals surface area contributed by atoms with E-state index in [1.54, 1.807) is 4.90 Å². The fourth-order valence-corrected chi connectivity index (χ4v) is 3.78. The van der Waals surface area contributed by atoms with Crippen LogP contribution < -0.4 is 5.73 Å². The van der Waals surface area contributed by atoms with Crippen LogP contribution in [-0.2, 0) is 0 Å². The first kappa shape index (κ1) is 13.2. The number of nitrogen functional groups attached to an aromatic ring is 1. The molecule has 1 aromatic carbocycles. The first-order valence-electron chi connectivity index (χ1n) is 6.67. The van der Waals surface area contributed by atoms with Gasteiger partial charge in [0.1, 0.15) is 11.5 Å². The summed E-state index contributed by atoms with van der Waals surface area (Å²) in [5.74, 6) is 2.50. The maximum absolute atomic E-state index is 12.5. The molecule has 4 nitrogen and oxygen atoms in total. The predicted molar refractivity (Wildman–Crippen MR) is 84.0 cm³/mol. The highest BCUT2D eigenvalue weighted by atomic mass is 32.2. The summed E-state index contributed by atoms with van der Waals surface area (Å²) in [5, 5.41) is 1.85. The highest BCUT2D eigenvalue weighted by Gasteiger charge is 2.25. The van der Waals surface area contributed by atoms with Gasteiger partial charge in [0.15, 0.2) is 0 Å². The van der Waals surface area contributed by atoms with Crippen molar-refractivity contribution in [1.82, 2.24) is 9.88 Å². The first-order chi connectivity index (χ1) is 9.66. The monoisotopic (exact) mass is 287 g/mol. The Labute approximate surface area is 122 Å². The lowest BCUT2D eigenvalue weighted by Gasteiger charge is -2.23. The molecular weight excluding hydrogens is 270 g/mol. The summed E-state index contributed by atoms with van der Waals surface area (Å²) in [6.07, 6.45) is 1.05. The fourth-order valence-electron chi connectivity index (χ4n) is 2.51. The SMILES string of the molecule is CN(C(=O)c1cc2ccccc2c(N)n1)C1CCSC1. The number of fused-ring (bicyclic) bond motifs is 1. The van der Waals surface area contributed by atoms with Crippen LogP contribution in [0.1, 0.15) is 16.9 Å². The number of anilines is 1. The van der Waals surface area contributed by atoms with Crippen molar-refractivity contribution < 1.29 is 4.79 Å². The summed E-state index contributed by atoms with van der Waals surface area (Å²) in [4.78, 5) is 18.6. The lowest BCUT2D eigenvalue weighted by Crippen LogP contribution is -2.37. The molecule has 2 N–H and O–H groups in total. The highest BCUT2D eigenvalue weighted by Crippen LogP contribution is 2.24. The number of aromatic nitrogens is 1. The van der Waals surface area contributed by atoms with Crippen LogP contribution in [0.15, 0.2) is 30.3 Å². The summed E-state index contributed by atoms with van der Waals surface area (Å²) >= 11 is 1.89. The Bertz CT molecular complexity index is 653. The number of amides is 1. The summed E-state index contributed by atoms with van der Waals surface area (Å²) in [5.41, 5.74) is 6.39. The fraction of sp³-hybridized carbons (Fsp3) is 0.333. The van der Waals surface area contributed by atoms with E-state index in [4.69, 9.17) is 5.73 Å². The number of benzene rings is 1. The van der Waals surface area contributed by atoms with E-state index < -0.39 is 0 Å². The van der Waals surface area contributed by atoms with Crippen LogP contribution in [0.2, 0.25) is 0 Å². The van der Waals surface area contributed by atoms with Crippen molar-refractivity contribution >= 4 is 34.3 Å². The minimum absolute atomic E-state index is 0.0463. The Hall–Kier alpha value is -1.75. The van der Waals surface area contributed by atoms with E-state index in [0.717, 1.165) is 28.7 Å². The van der Waals surface area contributed by atoms with Crippen molar-refractivity contribution in [3.8, 4) is 0 Å². The van der Waals surface area contributed by atoms with E-state index in [2.05, 4.69) is 4.98 Å². The molecule has 0 radical (unpaired) electrons. The van der Waals surface area contributed by atoms with E-state index in [9.17, 15) is 4.79 Å². The van der Waals surface area contributed by atoms with E-state index in [0.29, 0.717) is 17.6 Å². The standard InChI is InChI=1S/C15H17N3OS/c1-18(11-6-7-20-9-11)15(19)13-8-10-4-2-3-5-12(10)14(16)17-13/h2-5,8,11H,6-7,9H2,1H3,(H2,16,17). The van der Waals surface area contributed by atoms with E-state index in [-0.39, 0.29) is 5.91 Å². The summed E-state index contributed by atoms with van der Waals surface area (Å²) < 4.78 is 0. The molecular formula is C15H17N3OS. The van der Waals surface area contributed by atoms with Gasteiger partial charge in [-0.1, -0.05) is 24.3 Å². The van der Waals surface area contributed by atoms with Crippen LogP contribution in [0.4, 0.5) is 5.82 Å². The second-order valence-electron chi connectivity index (χ2n) is 5.05. The van der Waals surface area contributed by atoms with Gasteiger partial charge in [0, 0.05) is 24.2 Å². The number of carbonyl (C=O) groups is 1. The average Bonchev–Trinajstić information content (AvgIpc) is 3.00. The summed E-state index contributed by atoms with van der Waals surface area (Å²) in [7, 11) is 1.85. The Morgan fingerprint density at radius 1 is 1.45 bits per heavy atom. The Balaban J connectivity index is 1.95. The average molecular weight is 287 g/mol. The molecule has 0 aliphatic carbocycles. The van der Waals surface area contributed by atoms with Crippen molar-refractivity contribution in [2.45, 2.75) is 12.5 Å². The molecule has 3 rings (SSSR count). The molecule has 1 aliphatic heterocycles. The second kappa shape index (κ2) is 5.32. The maximum Gasteiger partial charge on any atom is 0.272 e. The van der Waals surface area contributed by atoms with Gasteiger partial charge in [-0.2, -0.15) is 11.8 Å². The molecule has 1 atom stereocenters. The van der Waals surface area contributed by atoms with E-state index >= 15 is 0 Å². The molecule has 1 unspecified atom stereocenters. The maximum atomic E-state index is 12.5. The smallest absolute Gasteiger partial charge is 0.272 e. The Kier molecular flexibility index (Phi) is 3.53. The number of hydrogen-bond donors (Lipinski definition) is 1. The molecule has 20 heavy (non-hydrogen) atoms. The quantitative estimate of drug-likeness (QED) is 0.921. The van der Waals surface area contributed by atoms with Crippen LogP contribution >= 0.6 is 11.8 Å². The molecule has 1 saturated heterocycles. The van der Waals surface area contributed by atoms with Gasteiger partial charge in [0.05, 0.1) is 0 Å². The van der Waals surface area contributed by atoms with Crippen LogP contribution in [0.5, 0.6) is 0 Å². The number of hydrogen-bond acceptors (Lipinski definition) is 4. The summed E-state index contributed by atoms with van der Waals surface area (Å²) in [6.45, 7) is 0. The Morgan fingerprint density at radius 3 is 3.00 bits per heavy atom. The van der Waals surface area contributed by atoms with Gasteiger partial charge in [-0.25, -0.2) is 4.98 Å². The first-order valence-corrected chi connectivity index (χ1v) is 7.82. The van der Waals surface area contributed by atoms with Crippen LogP contribution in [0.3, 0.4) is 0 Å². The Morgan fingerprint density at radius 2 is 2.25 bits per heavy atom. The van der Waals surface area contributed by atoms with E-state index in [1.165, 1.54) is 0 Å². The van der Waals surface area contributed by atoms with E-state index in [1.807, 2.05) is 49.1 Å². The van der Waals surface area contributed by atoms with Crippen molar-refractivity contribution in [2.75, 3.05) is 24.3 Å². The summed E-state index contributed by atoms with van der Waals surface area (Å²) in [6, 6.07) is 9.87. The number of thioether (sulfide) groups is 1. The van der Waals surface area contributed by atoms with Gasteiger partial charge in [-0.3, -0.25) is 4.79 Å². The molecule has 2 aromatic rings. The highest BCUT2D eigenvalue weighted by molar-refractivity contribution is 7.99. The third kappa shape index (κ3) is 2.33. The number of rotatable bonds is 2. The molecule has 1 amide bonds. The lowest BCUT2D eigenvalue weighted by atomic mass is 10.1. The van der Waals surface area contributed by atoms with Crippen LogP contribution in [0.25, 0.3) is 10.8 Å². The van der Waals surface area contributed by atoms with Gasteiger partial charge in [-0.05, 0) is 23.6 Å². The molecule has 1 aliphatic rings. The molecule has 1 fully saturated rings. The van der Waals surface area contributed by atoms with Crippen molar-refractivity contribution in [1.29, 1.82) is 0 Å². The topological polar surface area (TPSA) is 59.2 Å². The molecule has 0 bridgehead atoms. The van der Waals surface area contributed by atoms with Gasteiger partial charge in [0.2, 0.25) is 0 Å². The molecule has 0 spiro atoms. The number of pyridine rings is 1. The molecule has 2 heterocycles. The minimum Gasteiger partial charge on any atom is -0.383 e. The normalized spacial score (nSPS) is 18.4. The molecule has 104 valence electrons. The zero-order valence-corrected chi connectivity index (χ0v) is 12.2. The lowest BCUT2D eigenvalue weighted by molar-refractivity contribution is 0.0742. The molecule has 0 saturated carbocycles. The van der Waals surface area contributed by atoms with Crippen LogP contribution in [0, 0.1) is 0 Å². The zero-order valence-electron chi connectivity index (χ0n) is 11.4. The number of carbonyl (C=O) groups excluding carboxylic acids is 1. The number of nitrogens with two attached hydrogens (primary N) is 1. The number of nitrogens with zero attached hydrogens (tertiary/aromatic N) is 2. The minimum atomic E-state index is -0.0463. The zero-order chi connectivity index (χ0) is 14.1. The van der Waals surface area contributed by atoms with Crippen molar-refractivity contribution in [3.63, 3.8) is 0 Å². The largest absolute Gasteiger partial charge is 0.383 e. The van der Waals surface area contributed by atoms with Gasteiger partial charge >= 0.3 is 0 Å².